The molecular formula is C18H16N2O3. The summed E-state index contributed by atoms with van der Waals surface area (Å²) < 4.78 is 1.84. The number of amides is 1. The maximum absolute atomic E-state index is 12.5. The lowest BCUT2D eigenvalue weighted by atomic mass is 10.1. The first kappa shape index (κ1) is 14.8. The van der Waals surface area contributed by atoms with Gasteiger partial charge in [-0.1, -0.05) is 30.3 Å². The van der Waals surface area contributed by atoms with Crippen molar-refractivity contribution in [3.05, 3.63) is 65.9 Å². The molecule has 2 aromatic carbocycles. The molecule has 0 fully saturated rings. The fourth-order valence-corrected chi connectivity index (χ4v) is 2.64. The zero-order chi connectivity index (χ0) is 16.4. The van der Waals surface area contributed by atoms with Crippen molar-refractivity contribution in [3.8, 4) is 0 Å². The van der Waals surface area contributed by atoms with Gasteiger partial charge in [0.15, 0.2) is 0 Å². The Morgan fingerprint density at radius 1 is 1.09 bits per heavy atom. The number of hydrogen-bond donors (Lipinski definition) is 2. The summed E-state index contributed by atoms with van der Waals surface area (Å²) in [5, 5.41) is 12.7. The van der Waals surface area contributed by atoms with Crippen molar-refractivity contribution in [1.82, 2.24) is 4.57 Å². The van der Waals surface area contributed by atoms with Crippen molar-refractivity contribution in [2.45, 2.75) is 6.42 Å². The molecule has 0 unspecified atom stereocenters. The minimum absolute atomic E-state index is 0.0717. The fourth-order valence-electron chi connectivity index (χ4n) is 2.64. The molecule has 1 aromatic heterocycles. The number of benzene rings is 2. The Hall–Kier alpha value is -3.08. The fraction of sp³-hybridized carbons (Fsp3) is 0.111. The zero-order valence-corrected chi connectivity index (χ0v) is 12.6. The number of carbonyl (C=O) groups excluding carboxylic acids is 1. The van der Waals surface area contributed by atoms with Gasteiger partial charge in [-0.05, 0) is 29.8 Å². The van der Waals surface area contributed by atoms with Gasteiger partial charge in [0.1, 0.15) is 5.69 Å². The predicted octanol–water partition coefficient (Wildman–Crippen LogP) is 3.06. The Kier molecular flexibility index (Phi) is 3.85. The monoisotopic (exact) mass is 308 g/mol. The smallest absolute Gasteiger partial charge is 0.307 e. The van der Waals surface area contributed by atoms with Crippen LogP contribution in [0.3, 0.4) is 0 Å². The molecule has 0 spiro atoms. The summed E-state index contributed by atoms with van der Waals surface area (Å²) in [6.07, 6.45) is -0.0717. The molecule has 5 heteroatoms. The standard InChI is InChI=1S/C18H16N2O3/c1-20-15-8-3-2-6-13(15)11-16(20)18(23)19-14-7-4-5-12(9-14)10-17(21)22/h2-9,11H,10H2,1H3,(H,19,23)(H,21,22). The number of aliphatic carboxylic acids is 1. The van der Waals surface area contributed by atoms with Gasteiger partial charge >= 0.3 is 5.97 Å². The number of carbonyl (C=O) groups is 2. The van der Waals surface area contributed by atoms with E-state index in [1.165, 1.54) is 0 Å². The largest absolute Gasteiger partial charge is 0.481 e. The van der Waals surface area contributed by atoms with Crippen molar-refractivity contribution < 1.29 is 14.7 Å². The molecule has 3 aromatic rings. The van der Waals surface area contributed by atoms with Crippen LogP contribution in [-0.4, -0.2) is 21.6 Å². The summed E-state index contributed by atoms with van der Waals surface area (Å²) in [6.45, 7) is 0. The average molecular weight is 308 g/mol. The predicted molar refractivity (Wildman–Crippen MR) is 88.7 cm³/mol. The second-order valence-electron chi connectivity index (χ2n) is 5.37. The highest BCUT2D eigenvalue weighted by atomic mass is 16.4. The van der Waals surface area contributed by atoms with Crippen LogP contribution in [0.4, 0.5) is 5.69 Å². The van der Waals surface area contributed by atoms with Crippen molar-refractivity contribution in [3.63, 3.8) is 0 Å². The van der Waals surface area contributed by atoms with E-state index in [0.717, 1.165) is 10.9 Å². The van der Waals surface area contributed by atoms with Crippen LogP contribution in [-0.2, 0) is 18.3 Å². The third kappa shape index (κ3) is 3.08. The molecule has 116 valence electrons. The summed E-state index contributed by atoms with van der Waals surface area (Å²) in [4.78, 5) is 23.3. The number of rotatable bonds is 4. The number of nitrogens with zero attached hydrogens (tertiary/aromatic N) is 1. The molecule has 1 amide bonds. The highest BCUT2D eigenvalue weighted by Crippen LogP contribution is 2.20. The van der Waals surface area contributed by atoms with Gasteiger partial charge in [-0.25, -0.2) is 0 Å². The van der Waals surface area contributed by atoms with Crippen LogP contribution in [0.25, 0.3) is 10.9 Å². The molecule has 0 atom stereocenters. The highest BCUT2D eigenvalue weighted by molar-refractivity contribution is 6.06. The van der Waals surface area contributed by atoms with Gasteiger partial charge in [-0.15, -0.1) is 0 Å². The Morgan fingerprint density at radius 2 is 1.87 bits per heavy atom. The number of aryl methyl sites for hydroxylation is 1. The number of carboxylic acid groups (broad SMARTS) is 1. The van der Waals surface area contributed by atoms with Crippen LogP contribution >= 0.6 is 0 Å². The Bertz CT molecular complexity index is 896. The molecule has 0 bridgehead atoms. The third-order valence-corrected chi connectivity index (χ3v) is 3.72. The molecule has 2 N–H and O–H groups in total. The van der Waals surface area contributed by atoms with E-state index < -0.39 is 5.97 Å². The molecule has 3 rings (SSSR count). The average Bonchev–Trinajstić information content (AvgIpc) is 2.85. The quantitative estimate of drug-likeness (QED) is 0.778. The molecule has 5 nitrogen and oxygen atoms in total. The number of hydrogen-bond acceptors (Lipinski definition) is 2. The maximum Gasteiger partial charge on any atom is 0.307 e. The van der Waals surface area contributed by atoms with Crippen LogP contribution in [0.5, 0.6) is 0 Å². The minimum Gasteiger partial charge on any atom is -0.481 e. The summed E-state index contributed by atoms with van der Waals surface area (Å²) in [5.74, 6) is -1.13. The van der Waals surface area contributed by atoms with Crippen molar-refractivity contribution in [2.24, 2.45) is 7.05 Å². The molecule has 0 saturated heterocycles. The lowest BCUT2D eigenvalue weighted by molar-refractivity contribution is -0.136. The molecule has 0 aliphatic carbocycles. The van der Waals surface area contributed by atoms with E-state index in [0.29, 0.717) is 16.9 Å². The first-order valence-electron chi connectivity index (χ1n) is 7.21. The van der Waals surface area contributed by atoms with Gasteiger partial charge in [0.25, 0.3) is 5.91 Å². The Morgan fingerprint density at radius 3 is 2.61 bits per heavy atom. The van der Waals surface area contributed by atoms with Crippen LogP contribution in [0.2, 0.25) is 0 Å². The van der Waals surface area contributed by atoms with Crippen molar-refractivity contribution >= 4 is 28.5 Å². The molecular weight excluding hydrogens is 292 g/mol. The van der Waals surface area contributed by atoms with E-state index in [4.69, 9.17) is 5.11 Å². The Balaban J connectivity index is 1.86. The van der Waals surface area contributed by atoms with E-state index in [1.807, 2.05) is 41.9 Å². The summed E-state index contributed by atoms with van der Waals surface area (Å²) >= 11 is 0. The van der Waals surface area contributed by atoms with E-state index in [9.17, 15) is 9.59 Å². The summed E-state index contributed by atoms with van der Waals surface area (Å²) in [5.41, 5.74) is 2.76. The van der Waals surface area contributed by atoms with Crippen molar-refractivity contribution in [1.29, 1.82) is 0 Å². The van der Waals surface area contributed by atoms with Gasteiger partial charge < -0.3 is 15.0 Å². The Labute approximate surface area is 133 Å². The lowest BCUT2D eigenvalue weighted by Crippen LogP contribution is -2.15. The van der Waals surface area contributed by atoms with E-state index in [1.54, 1.807) is 24.3 Å². The number of fused-ring (bicyclic) bond motifs is 1. The van der Waals surface area contributed by atoms with Gasteiger partial charge in [0.05, 0.1) is 6.42 Å². The van der Waals surface area contributed by atoms with Crippen LogP contribution in [0.15, 0.2) is 54.6 Å². The SMILES string of the molecule is Cn1c(C(=O)Nc2cccc(CC(=O)O)c2)cc2ccccc21. The first-order chi connectivity index (χ1) is 11.0. The van der Waals surface area contributed by atoms with Gasteiger partial charge in [-0.3, -0.25) is 9.59 Å². The zero-order valence-electron chi connectivity index (χ0n) is 12.6. The van der Waals surface area contributed by atoms with Gasteiger partial charge in [0, 0.05) is 23.6 Å². The molecule has 0 aliphatic rings. The van der Waals surface area contributed by atoms with Crippen molar-refractivity contribution in [2.75, 3.05) is 5.32 Å². The molecule has 0 aliphatic heterocycles. The van der Waals surface area contributed by atoms with Crippen LogP contribution < -0.4 is 5.32 Å². The first-order valence-corrected chi connectivity index (χ1v) is 7.21. The molecule has 1 heterocycles. The normalized spacial score (nSPS) is 10.7. The molecule has 0 radical (unpaired) electrons. The second-order valence-corrected chi connectivity index (χ2v) is 5.37. The van der Waals surface area contributed by atoms with E-state index in [-0.39, 0.29) is 12.3 Å². The number of carboxylic acids is 1. The molecule has 23 heavy (non-hydrogen) atoms. The lowest BCUT2D eigenvalue weighted by Gasteiger charge is -2.08. The third-order valence-electron chi connectivity index (χ3n) is 3.72. The van der Waals surface area contributed by atoms with E-state index >= 15 is 0 Å². The van der Waals surface area contributed by atoms with Gasteiger partial charge in [0.2, 0.25) is 0 Å². The van der Waals surface area contributed by atoms with Crippen LogP contribution in [0.1, 0.15) is 16.1 Å². The highest BCUT2D eigenvalue weighted by Gasteiger charge is 2.13. The van der Waals surface area contributed by atoms with Crippen LogP contribution in [0, 0.1) is 0 Å². The summed E-state index contributed by atoms with van der Waals surface area (Å²) in [6, 6.07) is 16.5. The van der Waals surface area contributed by atoms with Gasteiger partial charge in [-0.2, -0.15) is 0 Å². The topological polar surface area (TPSA) is 71.3 Å². The minimum atomic E-state index is -0.901. The number of para-hydroxylation sites is 1. The maximum atomic E-state index is 12.5. The number of nitrogens with one attached hydrogen (secondary N) is 1. The second kappa shape index (κ2) is 5.96. The number of aromatic nitrogens is 1. The number of anilines is 1. The van der Waals surface area contributed by atoms with E-state index in [2.05, 4.69) is 5.32 Å². The summed E-state index contributed by atoms with van der Waals surface area (Å²) in [7, 11) is 1.85. The molecule has 0 saturated carbocycles.